The van der Waals surface area contributed by atoms with Gasteiger partial charge in [0.2, 0.25) is 32.7 Å². The predicted octanol–water partition coefficient (Wildman–Crippen LogP) is 1.72. The zero-order valence-corrected chi connectivity index (χ0v) is 21.4. The summed E-state index contributed by atoms with van der Waals surface area (Å²) in [5.74, 6) is -0.274. The van der Waals surface area contributed by atoms with Gasteiger partial charge in [-0.05, 0) is 25.1 Å². The number of amides is 2. The van der Waals surface area contributed by atoms with Gasteiger partial charge >= 0.3 is 0 Å². The van der Waals surface area contributed by atoms with Crippen LogP contribution in [0.25, 0.3) is 11.3 Å². The van der Waals surface area contributed by atoms with E-state index in [0.717, 1.165) is 11.8 Å². The van der Waals surface area contributed by atoms with Gasteiger partial charge in [0.15, 0.2) is 0 Å². The molecule has 12 heteroatoms. The Kier molecular flexibility index (Phi) is 6.14. The Hall–Kier alpha value is -3.93. The Labute approximate surface area is 214 Å². The maximum atomic E-state index is 13.8. The van der Waals surface area contributed by atoms with Crippen LogP contribution in [-0.2, 0) is 24.8 Å². The molecule has 1 saturated carbocycles. The molecule has 37 heavy (non-hydrogen) atoms. The van der Waals surface area contributed by atoms with E-state index in [1.807, 2.05) is 19.1 Å². The zero-order valence-electron chi connectivity index (χ0n) is 20.6. The average molecular weight is 523 g/mol. The fourth-order valence-electron chi connectivity index (χ4n) is 5.13. The van der Waals surface area contributed by atoms with Crippen LogP contribution in [-0.4, -0.2) is 71.0 Å². The number of fused-ring (bicyclic) bond motifs is 1. The van der Waals surface area contributed by atoms with Gasteiger partial charge in [-0.1, -0.05) is 12.1 Å². The number of anilines is 1. The molecule has 2 fully saturated rings. The van der Waals surface area contributed by atoms with E-state index in [2.05, 4.69) is 25.3 Å². The Balaban J connectivity index is 1.42. The lowest BCUT2D eigenvalue weighted by Crippen LogP contribution is -2.40. The summed E-state index contributed by atoms with van der Waals surface area (Å²) in [5, 5.41) is 2.64. The van der Waals surface area contributed by atoms with E-state index in [9.17, 15) is 18.0 Å². The third-order valence-electron chi connectivity index (χ3n) is 6.93. The first-order valence-electron chi connectivity index (χ1n) is 11.8. The molecule has 1 aromatic carbocycles. The highest BCUT2D eigenvalue weighted by molar-refractivity contribution is 7.90. The molecule has 3 aromatic rings. The van der Waals surface area contributed by atoms with Crippen molar-refractivity contribution in [1.29, 1.82) is 0 Å². The quantitative estimate of drug-likeness (QED) is 0.459. The molecule has 1 unspecified atom stereocenters. The van der Waals surface area contributed by atoms with Crippen molar-refractivity contribution in [3.63, 3.8) is 0 Å². The molecule has 1 aliphatic heterocycles. The first-order chi connectivity index (χ1) is 17.6. The number of nitrogens with one attached hydrogen (secondary N) is 1. The highest BCUT2D eigenvalue weighted by Gasteiger charge is 2.74. The Morgan fingerprint density at radius 1 is 1.11 bits per heavy atom. The monoisotopic (exact) mass is 522 g/mol. The van der Waals surface area contributed by atoms with Gasteiger partial charge in [0.25, 0.3) is 0 Å². The molecule has 11 nitrogen and oxygen atoms in total. The predicted molar refractivity (Wildman–Crippen MR) is 133 cm³/mol. The van der Waals surface area contributed by atoms with Crippen LogP contribution in [0.5, 0.6) is 5.88 Å². The van der Waals surface area contributed by atoms with Crippen LogP contribution in [0.1, 0.15) is 19.5 Å². The topological polar surface area (TPSA) is 144 Å². The summed E-state index contributed by atoms with van der Waals surface area (Å²) in [6.07, 6.45) is 5.56. The van der Waals surface area contributed by atoms with Crippen molar-refractivity contribution >= 4 is 27.3 Å². The number of hydrogen-bond donors (Lipinski definition) is 1. The van der Waals surface area contributed by atoms with Crippen LogP contribution in [0.15, 0.2) is 54.1 Å². The molecule has 0 radical (unpaired) electrons. The number of ether oxygens (including phenoxy) is 1. The second kappa shape index (κ2) is 9.18. The number of hydrogen-bond acceptors (Lipinski definition) is 9. The lowest BCUT2D eigenvalue weighted by Gasteiger charge is -2.25. The van der Waals surface area contributed by atoms with Crippen LogP contribution < -0.4 is 10.1 Å². The highest BCUT2D eigenvalue weighted by atomic mass is 32.2. The maximum Gasteiger partial charge on any atom is 0.247 e. The van der Waals surface area contributed by atoms with E-state index in [1.165, 1.54) is 13.1 Å². The zero-order chi connectivity index (χ0) is 26.4. The van der Waals surface area contributed by atoms with Gasteiger partial charge in [-0.3, -0.25) is 14.6 Å². The van der Waals surface area contributed by atoms with Crippen LogP contribution in [0.4, 0.5) is 5.69 Å². The summed E-state index contributed by atoms with van der Waals surface area (Å²) >= 11 is 0. The molecule has 1 aliphatic carbocycles. The molecule has 5 rings (SSSR count). The van der Waals surface area contributed by atoms with Crippen LogP contribution >= 0.6 is 0 Å². The Bertz CT molecular complexity index is 1460. The fourth-order valence-corrected chi connectivity index (χ4v) is 5.65. The summed E-state index contributed by atoms with van der Waals surface area (Å²) in [5.41, 5.74) is 1.29. The lowest BCUT2D eigenvalue weighted by molar-refractivity contribution is -0.129. The summed E-state index contributed by atoms with van der Waals surface area (Å²) in [7, 11) is -3.67. The molecule has 0 bridgehead atoms. The molecule has 2 aromatic heterocycles. The molecule has 3 atom stereocenters. The minimum atomic E-state index is -3.67. The minimum Gasteiger partial charge on any atom is -0.477 e. The van der Waals surface area contributed by atoms with E-state index in [1.54, 1.807) is 35.5 Å². The fraction of sp³-hybridized carbons (Fsp3) is 0.360. The molecule has 1 N–H and O–H groups in total. The number of aromatic nitrogens is 4. The third-order valence-corrected chi connectivity index (χ3v) is 7.79. The number of carbonyl (C=O) groups is 2. The average Bonchev–Trinajstić information content (AvgIpc) is 3.27. The minimum absolute atomic E-state index is 0.0619. The summed E-state index contributed by atoms with van der Waals surface area (Å²) < 4.78 is 29.6. The van der Waals surface area contributed by atoms with Crippen LogP contribution in [0.3, 0.4) is 0 Å². The number of benzene rings is 1. The number of rotatable bonds is 7. The second-order valence-electron chi connectivity index (χ2n) is 9.21. The van der Waals surface area contributed by atoms with Gasteiger partial charge in [-0.15, -0.1) is 0 Å². The number of likely N-dealkylation sites (tertiary alicyclic amines) is 1. The number of nitrogens with zero attached hydrogens (tertiary/aromatic N) is 5. The largest absolute Gasteiger partial charge is 0.477 e. The summed E-state index contributed by atoms with van der Waals surface area (Å²) in [6.45, 7) is 4.65. The smallest absolute Gasteiger partial charge is 0.247 e. The molecular formula is C25H26N6O5S. The lowest BCUT2D eigenvalue weighted by atomic mass is 9.93. The molecule has 3 heterocycles. The molecule has 1 saturated heterocycles. The van der Waals surface area contributed by atoms with Gasteiger partial charge in [0.05, 0.1) is 30.4 Å². The summed E-state index contributed by atoms with van der Waals surface area (Å²) in [4.78, 5) is 44.1. The standard InChI is InChI=1S/C25H26N6O5S/c1-4-36-22-12-26-11-20(29-22)16-5-7-17(8-6-16)28-23(33)25(18-13-31(15(2)32)14-19(18)25)21-9-10-27-24(30-21)37(3,34)35/h5-12,18-19H,4,13-14H2,1-3H3,(H,28,33)/t18-,19+,25?. The summed E-state index contributed by atoms with van der Waals surface area (Å²) in [6, 6.07) is 8.74. The van der Waals surface area contributed by atoms with Crippen molar-refractivity contribution in [2.75, 3.05) is 31.3 Å². The second-order valence-corrected chi connectivity index (χ2v) is 11.1. The van der Waals surface area contributed by atoms with Crippen molar-refractivity contribution < 1.29 is 22.7 Å². The van der Waals surface area contributed by atoms with E-state index in [4.69, 9.17) is 4.74 Å². The highest BCUT2D eigenvalue weighted by Crippen LogP contribution is 2.63. The van der Waals surface area contributed by atoms with Gasteiger partial charge in [-0.2, -0.15) is 0 Å². The van der Waals surface area contributed by atoms with Gasteiger partial charge in [-0.25, -0.2) is 23.4 Å². The first-order valence-corrected chi connectivity index (χ1v) is 13.7. The van der Waals surface area contributed by atoms with Crippen molar-refractivity contribution in [1.82, 2.24) is 24.8 Å². The van der Waals surface area contributed by atoms with Gasteiger partial charge < -0.3 is 15.0 Å². The van der Waals surface area contributed by atoms with Crippen LogP contribution in [0.2, 0.25) is 0 Å². The first kappa shape index (κ1) is 24.8. The van der Waals surface area contributed by atoms with Crippen molar-refractivity contribution in [2.45, 2.75) is 24.4 Å². The number of sulfone groups is 1. The van der Waals surface area contributed by atoms with Crippen molar-refractivity contribution in [3.8, 4) is 17.1 Å². The maximum absolute atomic E-state index is 13.8. The molecule has 2 amide bonds. The third kappa shape index (κ3) is 4.41. The molecule has 0 spiro atoms. The van der Waals surface area contributed by atoms with E-state index >= 15 is 0 Å². The molecule has 2 aliphatic rings. The number of piperidine rings is 1. The van der Waals surface area contributed by atoms with E-state index < -0.39 is 15.3 Å². The Morgan fingerprint density at radius 3 is 2.43 bits per heavy atom. The van der Waals surface area contributed by atoms with E-state index in [-0.39, 0.29) is 28.8 Å². The van der Waals surface area contributed by atoms with Crippen molar-refractivity contribution in [2.24, 2.45) is 11.8 Å². The molecular weight excluding hydrogens is 496 g/mol. The number of carbonyl (C=O) groups excluding carboxylic acids is 2. The van der Waals surface area contributed by atoms with E-state index in [0.29, 0.717) is 42.7 Å². The SMILES string of the molecule is CCOc1cncc(-c2ccc(NC(=O)C3(c4ccnc(S(C)(=O)=O)n4)[C@@H]4CN(C(C)=O)C[C@@H]43)cc2)n1. The van der Waals surface area contributed by atoms with Crippen LogP contribution in [0, 0.1) is 11.8 Å². The molecule has 192 valence electrons. The van der Waals surface area contributed by atoms with Gasteiger partial charge in [0, 0.05) is 55.6 Å². The normalized spacial score (nSPS) is 22.3. The Morgan fingerprint density at radius 2 is 1.81 bits per heavy atom. The van der Waals surface area contributed by atoms with Crippen molar-refractivity contribution in [3.05, 3.63) is 54.6 Å². The van der Waals surface area contributed by atoms with Gasteiger partial charge in [0.1, 0.15) is 5.41 Å².